The fourth-order valence-electron chi connectivity index (χ4n) is 2.54. The van der Waals surface area contributed by atoms with E-state index in [9.17, 15) is 22.8 Å². The second-order valence-corrected chi connectivity index (χ2v) is 5.86. The van der Waals surface area contributed by atoms with Crippen LogP contribution in [0.1, 0.15) is 20.9 Å². The number of carbonyl (C=O) groups is 2. The molecule has 0 unspecified atom stereocenters. The zero-order chi connectivity index (χ0) is 20.1. The van der Waals surface area contributed by atoms with Crippen molar-refractivity contribution >= 4 is 17.5 Å². The van der Waals surface area contributed by atoms with Gasteiger partial charge in [0.15, 0.2) is 5.76 Å². The Hall–Kier alpha value is -3.55. The highest BCUT2D eigenvalue weighted by Gasteiger charge is 2.28. The molecule has 1 heterocycles. The van der Waals surface area contributed by atoms with Crippen LogP contribution in [0, 0.1) is 0 Å². The number of hydrogen-bond donors (Lipinski definition) is 2. The van der Waals surface area contributed by atoms with Crippen molar-refractivity contribution in [3.8, 4) is 11.1 Å². The maximum atomic E-state index is 12.6. The van der Waals surface area contributed by atoms with E-state index in [1.54, 1.807) is 11.4 Å². The minimum absolute atomic E-state index is 0.00947. The normalized spacial score (nSPS) is 11.1. The van der Waals surface area contributed by atoms with Crippen LogP contribution in [0.15, 0.2) is 71.3 Å². The molecular weight excluding hydrogens is 373 g/mol. The molecule has 144 valence electrons. The van der Waals surface area contributed by atoms with E-state index in [4.69, 9.17) is 4.42 Å². The summed E-state index contributed by atoms with van der Waals surface area (Å²) in [6.45, 7) is -1.44. The van der Waals surface area contributed by atoms with Crippen molar-refractivity contribution in [2.24, 2.45) is 0 Å². The largest absolute Gasteiger partial charge is 0.459 e. The number of hydrogen-bond acceptors (Lipinski definition) is 3. The van der Waals surface area contributed by atoms with E-state index >= 15 is 0 Å². The third-order valence-corrected chi connectivity index (χ3v) is 3.79. The SMILES string of the molecule is O=C(NCC(F)(F)F)c1cccc(NC(=O)c2occc2-c2ccccc2)c1. The number of carbonyl (C=O) groups excluding carboxylic acids is 2. The van der Waals surface area contributed by atoms with Gasteiger partial charge in [0.05, 0.1) is 6.26 Å². The third-order valence-electron chi connectivity index (χ3n) is 3.79. The monoisotopic (exact) mass is 388 g/mol. The fourth-order valence-corrected chi connectivity index (χ4v) is 2.54. The lowest BCUT2D eigenvalue weighted by Gasteiger charge is -2.10. The molecule has 0 saturated heterocycles. The first-order chi connectivity index (χ1) is 13.3. The van der Waals surface area contributed by atoms with Crippen LogP contribution in [0.4, 0.5) is 18.9 Å². The average molecular weight is 388 g/mol. The molecule has 2 aromatic carbocycles. The van der Waals surface area contributed by atoms with Gasteiger partial charge >= 0.3 is 6.18 Å². The van der Waals surface area contributed by atoms with Crippen molar-refractivity contribution < 1.29 is 27.2 Å². The van der Waals surface area contributed by atoms with Gasteiger partial charge in [0.2, 0.25) is 0 Å². The summed E-state index contributed by atoms with van der Waals surface area (Å²) in [5.74, 6) is -1.36. The summed E-state index contributed by atoms with van der Waals surface area (Å²) in [5, 5.41) is 4.37. The van der Waals surface area contributed by atoms with Crippen LogP contribution in [0.25, 0.3) is 11.1 Å². The van der Waals surface area contributed by atoms with Gasteiger partial charge in [-0.05, 0) is 29.8 Å². The molecule has 0 saturated carbocycles. The first kappa shape index (κ1) is 19.2. The Balaban J connectivity index is 1.74. The fraction of sp³-hybridized carbons (Fsp3) is 0.100. The molecule has 0 aliphatic carbocycles. The van der Waals surface area contributed by atoms with E-state index < -0.39 is 24.5 Å². The molecule has 0 aliphatic heterocycles. The predicted molar refractivity (Wildman–Crippen MR) is 96.9 cm³/mol. The maximum absolute atomic E-state index is 12.6. The topological polar surface area (TPSA) is 71.3 Å². The van der Waals surface area contributed by atoms with E-state index in [0.717, 1.165) is 5.56 Å². The number of furan rings is 1. The standard InChI is InChI=1S/C20H15F3N2O3/c21-20(22,23)12-24-18(26)14-7-4-8-15(11-14)25-19(27)17-16(9-10-28-17)13-5-2-1-3-6-13/h1-11H,12H2,(H,24,26)(H,25,27). The molecule has 1 aromatic heterocycles. The first-order valence-corrected chi connectivity index (χ1v) is 8.23. The molecule has 28 heavy (non-hydrogen) atoms. The van der Waals surface area contributed by atoms with Crippen LogP contribution in [-0.4, -0.2) is 24.5 Å². The Kier molecular flexibility index (Phi) is 5.49. The van der Waals surface area contributed by atoms with Gasteiger partial charge in [-0.3, -0.25) is 9.59 Å². The van der Waals surface area contributed by atoms with E-state index in [1.165, 1.54) is 30.5 Å². The lowest BCUT2D eigenvalue weighted by molar-refractivity contribution is -0.123. The zero-order valence-corrected chi connectivity index (χ0v) is 14.4. The average Bonchev–Trinajstić information content (AvgIpc) is 3.16. The number of anilines is 1. The number of rotatable bonds is 5. The van der Waals surface area contributed by atoms with E-state index in [-0.39, 0.29) is 17.0 Å². The zero-order valence-electron chi connectivity index (χ0n) is 14.4. The molecule has 0 atom stereocenters. The summed E-state index contributed by atoms with van der Waals surface area (Å²) in [4.78, 5) is 24.4. The molecule has 0 spiro atoms. The minimum Gasteiger partial charge on any atom is -0.459 e. The van der Waals surface area contributed by atoms with Crippen LogP contribution in [0.3, 0.4) is 0 Å². The Labute approximate surface area is 158 Å². The van der Waals surface area contributed by atoms with Gasteiger partial charge in [0.25, 0.3) is 11.8 Å². The van der Waals surface area contributed by atoms with Gasteiger partial charge in [0.1, 0.15) is 6.54 Å². The van der Waals surface area contributed by atoms with E-state index in [0.29, 0.717) is 5.56 Å². The number of alkyl halides is 3. The molecule has 5 nitrogen and oxygen atoms in total. The van der Waals surface area contributed by atoms with Crippen molar-refractivity contribution in [2.45, 2.75) is 6.18 Å². The highest BCUT2D eigenvalue weighted by atomic mass is 19.4. The Bertz CT molecular complexity index is 982. The van der Waals surface area contributed by atoms with Crippen molar-refractivity contribution in [3.63, 3.8) is 0 Å². The molecule has 0 fully saturated rings. The predicted octanol–water partition coefficient (Wildman–Crippen LogP) is 4.49. The van der Waals surface area contributed by atoms with Crippen molar-refractivity contribution in [2.75, 3.05) is 11.9 Å². The van der Waals surface area contributed by atoms with Gasteiger partial charge in [-0.2, -0.15) is 13.2 Å². The van der Waals surface area contributed by atoms with Crippen molar-refractivity contribution in [1.82, 2.24) is 5.32 Å². The summed E-state index contributed by atoms with van der Waals surface area (Å²) < 4.78 is 42.0. The van der Waals surface area contributed by atoms with Gasteiger partial charge < -0.3 is 15.1 Å². The summed E-state index contributed by atoms with van der Waals surface area (Å²) in [7, 11) is 0. The molecule has 8 heteroatoms. The quantitative estimate of drug-likeness (QED) is 0.677. The lowest BCUT2D eigenvalue weighted by atomic mass is 10.1. The lowest BCUT2D eigenvalue weighted by Crippen LogP contribution is -2.33. The molecule has 0 radical (unpaired) electrons. The molecule has 0 aliphatic rings. The third kappa shape index (κ3) is 4.79. The van der Waals surface area contributed by atoms with E-state index in [1.807, 2.05) is 30.3 Å². The summed E-state index contributed by atoms with van der Waals surface area (Å²) in [6.07, 6.45) is -3.12. The first-order valence-electron chi connectivity index (χ1n) is 8.23. The Morgan fingerprint density at radius 2 is 1.68 bits per heavy atom. The number of nitrogens with one attached hydrogen (secondary N) is 2. The van der Waals surface area contributed by atoms with Gasteiger partial charge in [-0.1, -0.05) is 36.4 Å². The smallest absolute Gasteiger partial charge is 0.405 e. The highest BCUT2D eigenvalue weighted by Crippen LogP contribution is 2.25. The van der Waals surface area contributed by atoms with Crippen LogP contribution < -0.4 is 10.6 Å². The summed E-state index contributed by atoms with van der Waals surface area (Å²) >= 11 is 0. The van der Waals surface area contributed by atoms with Crippen LogP contribution in [0.2, 0.25) is 0 Å². The molecule has 3 rings (SSSR count). The maximum Gasteiger partial charge on any atom is 0.405 e. The molecule has 2 amide bonds. The van der Waals surface area contributed by atoms with Crippen molar-refractivity contribution in [1.29, 1.82) is 0 Å². The van der Waals surface area contributed by atoms with Gasteiger partial charge in [-0.25, -0.2) is 0 Å². The number of benzene rings is 2. The van der Waals surface area contributed by atoms with E-state index in [2.05, 4.69) is 5.32 Å². The van der Waals surface area contributed by atoms with Crippen molar-refractivity contribution in [3.05, 3.63) is 78.3 Å². The second kappa shape index (κ2) is 7.99. The molecule has 0 bridgehead atoms. The second-order valence-electron chi connectivity index (χ2n) is 5.86. The minimum atomic E-state index is -4.51. The van der Waals surface area contributed by atoms with Gasteiger partial charge in [0, 0.05) is 16.8 Å². The number of halogens is 3. The molecule has 2 N–H and O–H groups in total. The van der Waals surface area contributed by atoms with Crippen LogP contribution >= 0.6 is 0 Å². The summed E-state index contributed by atoms with van der Waals surface area (Å²) in [5.41, 5.74) is 1.63. The summed E-state index contributed by atoms with van der Waals surface area (Å²) in [6, 6.07) is 16.4. The highest BCUT2D eigenvalue weighted by molar-refractivity contribution is 6.07. The number of amides is 2. The van der Waals surface area contributed by atoms with Crippen LogP contribution in [-0.2, 0) is 0 Å². The Morgan fingerprint density at radius 1 is 0.929 bits per heavy atom. The molecule has 3 aromatic rings. The Morgan fingerprint density at radius 3 is 2.39 bits per heavy atom. The van der Waals surface area contributed by atoms with Crippen LogP contribution in [0.5, 0.6) is 0 Å². The van der Waals surface area contributed by atoms with Gasteiger partial charge in [-0.15, -0.1) is 0 Å². The molecular formula is C20H15F3N2O3.